The van der Waals surface area contributed by atoms with E-state index in [9.17, 15) is 19.8 Å². The Kier molecular flexibility index (Phi) is 8.46. The number of halogens is 1. The van der Waals surface area contributed by atoms with E-state index in [-0.39, 0.29) is 34.8 Å². The van der Waals surface area contributed by atoms with Crippen LogP contribution < -0.4 is 9.64 Å². The predicted octanol–water partition coefficient (Wildman–Crippen LogP) is 4.76. The molecular formula is C35H43ClN2O6. The summed E-state index contributed by atoms with van der Waals surface area (Å²) in [6.45, 7) is 3.75. The van der Waals surface area contributed by atoms with Gasteiger partial charge < -0.3 is 29.5 Å². The second-order valence-corrected chi connectivity index (χ2v) is 13.8. The maximum Gasteiger partial charge on any atom is 0.343 e. The molecule has 1 saturated carbocycles. The number of anilines is 1. The number of hydrogen-bond donors (Lipinski definition) is 2. The predicted molar refractivity (Wildman–Crippen MR) is 169 cm³/mol. The lowest BCUT2D eigenvalue weighted by Gasteiger charge is -2.45. The number of amides is 1. The smallest absolute Gasteiger partial charge is 0.343 e. The van der Waals surface area contributed by atoms with Crippen LogP contribution in [0, 0.1) is 11.8 Å². The van der Waals surface area contributed by atoms with Crippen LogP contribution in [0.25, 0.3) is 0 Å². The number of ether oxygens (including phenoxy) is 2. The lowest BCUT2D eigenvalue weighted by molar-refractivity contribution is -0.168. The van der Waals surface area contributed by atoms with Crippen LogP contribution in [0.4, 0.5) is 5.69 Å². The van der Waals surface area contributed by atoms with Crippen molar-refractivity contribution in [3.8, 4) is 5.75 Å². The number of methoxy groups -OCH3 is 1. The zero-order valence-electron chi connectivity index (χ0n) is 25.8. The quantitative estimate of drug-likeness (QED) is 0.350. The third kappa shape index (κ3) is 5.50. The summed E-state index contributed by atoms with van der Waals surface area (Å²) in [4.78, 5) is 30.5. The lowest BCUT2D eigenvalue weighted by atomic mass is 9.68. The molecule has 236 valence electrons. The molecule has 2 aromatic carbocycles. The first-order valence-electron chi connectivity index (χ1n) is 15.8. The van der Waals surface area contributed by atoms with E-state index in [0.29, 0.717) is 31.9 Å². The molecule has 44 heavy (non-hydrogen) atoms. The van der Waals surface area contributed by atoms with E-state index < -0.39 is 24.1 Å². The Hall–Kier alpha value is -3.07. The summed E-state index contributed by atoms with van der Waals surface area (Å²) in [6, 6.07) is 11.2. The maximum atomic E-state index is 13.5. The Morgan fingerprint density at radius 1 is 1.18 bits per heavy atom. The van der Waals surface area contributed by atoms with Crippen molar-refractivity contribution in [2.75, 3.05) is 38.8 Å². The fourth-order valence-electron chi connectivity index (χ4n) is 7.69. The van der Waals surface area contributed by atoms with Crippen LogP contribution in [0.2, 0.25) is 5.02 Å². The van der Waals surface area contributed by atoms with Crippen molar-refractivity contribution in [3.63, 3.8) is 0 Å². The highest BCUT2D eigenvalue weighted by molar-refractivity contribution is 6.30. The van der Waals surface area contributed by atoms with Crippen LogP contribution >= 0.6 is 11.6 Å². The van der Waals surface area contributed by atoms with E-state index in [2.05, 4.69) is 17.0 Å². The van der Waals surface area contributed by atoms with Crippen molar-refractivity contribution in [3.05, 3.63) is 70.3 Å². The molecule has 0 radical (unpaired) electrons. The van der Waals surface area contributed by atoms with Gasteiger partial charge in [0.05, 0.1) is 31.9 Å². The fourth-order valence-corrected chi connectivity index (χ4v) is 7.89. The summed E-state index contributed by atoms with van der Waals surface area (Å²) in [5.74, 6) is -0.238. The molecule has 1 spiro atoms. The zero-order chi connectivity index (χ0) is 31.2. The number of aryl methyl sites for hydroxylation is 1. The highest BCUT2D eigenvalue weighted by Gasteiger charge is 2.46. The summed E-state index contributed by atoms with van der Waals surface area (Å²) < 4.78 is 11.7. The largest absolute Gasteiger partial charge is 0.490 e. The molecule has 1 unspecified atom stereocenters. The minimum absolute atomic E-state index is 0.116. The number of aliphatic hydroxyl groups is 2. The molecule has 9 heteroatoms. The molecule has 2 aliphatic carbocycles. The highest BCUT2D eigenvalue weighted by Crippen LogP contribution is 2.47. The van der Waals surface area contributed by atoms with Crippen LogP contribution in [-0.4, -0.2) is 73.0 Å². The lowest BCUT2D eigenvalue weighted by Crippen LogP contribution is -2.49. The number of carbonyl (C=O) groups excluding carboxylic acids is 2. The SMILES string of the molecule is COC(=O)C1(O)CC(=O)N(C)[C@@H](C)C/C=C/[C@H](O)[C@@H]2CC[C@H]2CN2C[C@@]3(CCCc4cc(Cl)ccc43)COc3ccc1cc32. The number of aliphatic hydroxyl groups excluding tert-OH is 1. The standard InChI is InChI=1S/C35H43ClN2O6/c1-22-6-4-8-30(39)27-12-9-24(27)19-38-20-34(15-5-7-23-16-26(36)11-13-28(23)34)21-44-31-14-10-25(17-29(31)38)35(42,33(41)43-3)18-32(40)37(22)2/h4,8,10-11,13-14,16-17,22,24,27,30,39,42H,5-7,9,12,15,18-21H2,1-3H3/b8-4+/t22-,24-,27+,30-,34-,35?/m0/s1. The van der Waals surface area contributed by atoms with Crippen molar-refractivity contribution in [1.82, 2.24) is 4.90 Å². The first-order chi connectivity index (χ1) is 21.0. The van der Waals surface area contributed by atoms with Gasteiger partial charge in [-0.05, 0) is 98.2 Å². The summed E-state index contributed by atoms with van der Waals surface area (Å²) in [5, 5.41) is 23.8. The molecular weight excluding hydrogens is 580 g/mol. The molecule has 2 bridgehead atoms. The minimum atomic E-state index is -2.18. The van der Waals surface area contributed by atoms with E-state index in [0.717, 1.165) is 42.8 Å². The van der Waals surface area contributed by atoms with Gasteiger partial charge in [-0.15, -0.1) is 0 Å². The van der Waals surface area contributed by atoms with E-state index in [1.165, 1.54) is 23.1 Å². The average Bonchev–Trinajstić information content (AvgIpc) is 3.14. The Labute approximate surface area is 264 Å². The van der Waals surface area contributed by atoms with Gasteiger partial charge in [0.2, 0.25) is 5.91 Å². The van der Waals surface area contributed by atoms with Crippen molar-refractivity contribution < 1.29 is 29.3 Å². The van der Waals surface area contributed by atoms with Gasteiger partial charge >= 0.3 is 5.97 Å². The number of benzene rings is 2. The van der Waals surface area contributed by atoms with Crippen LogP contribution in [0.5, 0.6) is 5.75 Å². The van der Waals surface area contributed by atoms with Crippen molar-refractivity contribution in [2.45, 2.75) is 75.0 Å². The summed E-state index contributed by atoms with van der Waals surface area (Å²) >= 11 is 6.41. The van der Waals surface area contributed by atoms with Crippen LogP contribution in [0.3, 0.4) is 0 Å². The van der Waals surface area contributed by atoms with Crippen molar-refractivity contribution >= 4 is 29.2 Å². The number of rotatable bonds is 1. The number of fused-ring (bicyclic) bond motifs is 4. The fraction of sp³-hybridized carbons (Fsp3) is 0.543. The maximum absolute atomic E-state index is 13.5. The molecule has 6 atom stereocenters. The minimum Gasteiger partial charge on any atom is -0.490 e. The monoisotopic (exact) mass is 622 g/mol. The summed E-state index contributed by atoms with van der Waals surface area (Å²) in [7, 11) is 2.89. The van der Waals surface area contributed by atoms with E-state index >= 15 is 0 Å². The Morgan fingerprint density at radius 3 is 2.75 bits per heavy atom. The van der Waals surface area contributed by atoms with Crippen molar-refractivity contribution in [2.24, 2.45) is 11.8 Å². The molecule has 4 aliphatic rings. The van der Waals surface area contributed by atoms with Crippen molar-refractivity contribution in [1.29, 1.82) is 0 Å². The highest BCUT2D eigenvalue weighted by atomic mass is 35.5. The second-order valence-electron chi connectivity index (χ2n) is 13.3. The van der Waals surface area contributed by atoms with Crippen LogP contribution in [0.15, 0.2) is 48.6 Å². The van der Waals surface area contributed by atoms with E-state index in [4.69, 9.17) is 21.1 Å². The molecule has 1 fully saturated rings. The van der Waals surface area contributed by atoms with Gasteiger partial charge in [0.25, 0.3) is 0 Å². The number of carbonyl (C=O) groups is 2. The number of esters is 1. The van der Waals surface area contributed by atoms with Crippen LogP contribution in [0.1, 0.15) is 62.1 Å². The average molecular weight is 623 g/mol. The molecule has 2 N–H and O–H groups in total. The first kappa shape index (κ1) is 30.9. The second kappa shape index (κ2) is 12.0. The molecule has 2 aliphatic heterocycles. The number of hydrogen-bond acceptors (Lipinski definition) is 7. The Morgan fingerprint density at radius 2 is 2.00 bits per heavy atom. The van der Waals surface area contributed by atoms with Gasteiger partial charge in [-0.2, -0.15) is 0 Å². The summed E-state index contributed by atoms with van der Waals surface area (Å²) in [5.41, 5.74) is 1.07. The topological polar surface area (TPSA) is 99.5 Å². The molecule has 0 saturated heterocycles. The molecule has 2 aromatic rings. The first-order valence-corrected chi connectivity index (χ1v) is 16.1. The molecule has 8 nitrogen and oxygen atoms in total. The van der Waals surface area contributed by atoms with Gasteiger partial charge in [0.15, 0.2) is 5.60 Å². The molecule has 1 amide bonds. The Balaban J connectivity index is 1.47. The molecule has 0 aromatic heterocycles. The van der Waals surface area contributed by atoms with Gasteiger partial charge in [-0.3, -0.25) is 4.79 Å². The van der Waals surface area contributed by atoms with Gasteiger partial charge in [0.1, 0.15) is 5.75 Å². The molecule has 2 heterocycles. The van der Waals surface area contributed by atoms with Crippen LogP contribution in [-0.2, 0) is 31.8 Å². The van der Waals surface area contributed by atoms with E-state index in [1.54, 1.807) is 25.2 Å². The van der Waals surface area contributed by atoms with Gasteiger partial charge in [-0.25, -0.2) is 4.79 Å². The van der Waals surface area contributed by atoms with E-state index in [1.807, 2.05) is 25.1 Å². The molecule has 6 rings (SSSR count). The number of nitrogens with zero attached hydrogens (tertiary/aromatic N) is 2. The normalized spacial score (nSPS) is 32.9. The zero-order valence-corrected chi connectivity index (χ0v) is 26.6. The Bertz CT molecular complexity index is 1460. The third-order valence-corrected chi connectivity index (χ3v) is 10.9. The summed E-state index contributed by atoms with van der Waals surface area (Å²) in [6.07, 6.45) is 8.18. The third-order valence-electron chi connectivity index (χ3n) is 10.7. The van der Waals surface area contributed by atoms with Gasteiger partial charge in [0, 0.05) is 36.6 Å². The van der Waals surface area contributed by atoms with Gasteiger partial charge in [-0.1, -0.05) is 35.9 Å².